The molecule has 0 radical (unpaired) electrons. The van der Waals surface area contributed by atoms with E-state index in [0.717, 1.165) is 0 Å². The number of aliphatic hydroxyl groups excluding tert-OH is 1. The van der Waals surface area contributed by atoms with Crippen LogP contribution in [0.5, 0.6) is 5.88 Å². The Labute approximate surface area is 160 Å². The molecule has 144 valence electrons. The maximum absolute atomic E-state index is 12.2. The van der Waals surface area contributed by atoms with Gasteiger partial charge in [0.15, 0.2) is 11.8 Å². The highest BCUT2D eigenvalue weighted by atomic mass is 16.5. The van der Waals surface area contributed by atoms with E-state index in [1.165, 1.54) is 4.57 Å². The van der Waals surface area contributed by atoms with Gasteiger partial charge in [0.25, 0.3) is 5.91 Å². The average molecular weight is 381 g/mol. The van der Waals surface area contributed by atoms with Crippen LogP contribution in [-0.2, 0) is 20.9 Å². The number of benzene rings is 2. The Bertz CT molecular complexity index is 1030. The Balaban J connectivity index is 1.92. The van der Waals surface area contributed by atoms with Gasteiger partial charge in [-0.05, 0) is 18.6 Å². The van der Waals surface area contributed by atoms with Crippen LogP contribution in [0.1, 0.15) is 18.6 Å². The van der Waals surface area contributed by atoms with Crippen LogP contribution in [-0.4, -0.2) is 33.3 Å². The van der Waals surface area contributed by atoms with E-state index in [4.69, 9.17) is 4.74 Å². The lowest BCUT2D eigenvalue weighted by Crippen LogP contribution is -2.12. The molecule has 0 bridgehead atoms. The van der Waals surface area contributed by atoms with Crippen LogP contribution >= 0.6 is 0 Å². The van der Waals surface area contributed by atoms with E-state index < -0.39 is 18.0 Å². The molecule has 0 spiro atoms. The summed E-state index contributed by atoms with van der Waals surface area (Å²) >= 11 is 0. The van der Waals surface area contributed by atoms with Gasteiger partial charge in [-0.1, -0.05) is 48.5 Å². The minimum atomic E-state index is -1.46. The van der Waals surface area contributed by atoms with Gasteiger partial charge in [0.05, 0.1) is 12.1 Å². The first-order valence-electron chi connectivity index (χ1n) is 8.67. The summed E-state index contributed by atoms with van der Waals surface area (Å²) in [7, 11) is 0. The Kier molecular flexibility index (Phi) is 5.81. The van der Waals surface area contributed by atoms with Gasteiger partial charge in [-0.2, -0.15) is 0 Å². The molecule has 1 heterocycles. The minimum Gasteiger partial charge on any atom is -0.493 e. The first kappa shape index (κ1) is 19.2. The molecule has 0 aliphatic heterocycles. The van der Waals surface area contributed by atoms with E-state index in [0.29, 0.717) is 16.5 Å². The number of hydrogen-bond donors (Lipinski definition) is 2. The maximum Gasteiger partial charge on any atom is 0.326 e. The molecule has 0 aliphatic rings. The number of carbonyl (C=O) groups is 2. The number of ether oxygens (including phenoxy) is 1. The number of carbonyl (C=O) groups excluding carboxylic acids is 2. The number of rotatable bonds is 6. The lowest BCUT2D eigenvalue weighted by atomic mass is 10.1. The van der Waals surface area contributed by atoms with E-state index in [-0.39, 0.29) is 24.7 Å². The van der Waals surface area contributed by atoms with Gasteiger partial charge in [0.2, 0.25) is 5.88 Å². The molecule has 0 saturated heterocycles. The molecule has 3 rings (SSSR count). The van der Waals surface area contributed by atoms with Crippen molar-refractivity contribution in [3.05, 3.63) is 60.2 Å². The zero-order valence-corrected chi connectivity index (χ0v) is 15.1. The van der Waals surface area contributed by atoms with Crippen molar-refractivity contribution in [2.45, 2.75) is 19.6 Å². The first-order chi connectivity index (χ1) is 13.5. The predicted molar refractivity (Wildman–Crippen MR) is 101 cm³/mol. The Morgan fingerprint density at radius 3 is 2.50 bits per heavy atom. The standard InChI is InChI=1S/C20H19N3O5/c1-2-28-16(24)12-23-15-11-7-6-10-14(15)17(20(23)27)21-22-19(26)18(25)13-8-4-3-5-9-13/h3-11,18,25,27H,2,12H2,1H3. The normalized spacial score (nSPS) is 12.4. The van der Waals surface area contributed by atoms with Crippen molar-refractivity contribution in [3.8, 4) is 5.88 Å². The molecule has 28 heavy (non-hydrogen) atoms. The Hall–Kier alpha value is -3.52. The highest BCUT2D eigenvalue weighted by Gasteiger charge is 2.21. The summed E-state index contributed by atoms with van der Waals surface area (Å²) in [5.74, 6) is -1.70. The van der Waals surface area contributed by atoms with Crippen molar-refractivity contribution in [1.29, 1.82) is 0 Å². The fourth-order valence-electron chi connectivity index (χ4n) is 2.80. The molecule has 1 aromatic heterocycles. The van der Waals surface area contributed by atoms with Gasteiger partial charge < -0.3 is 14.9 Å². The number of hydrogen-bond acceptors (Lipinski definition) is 6. The van der Waals surface area contributed by atoms with Crippen molar-refractivity contribution >= 4 is 28.5 Å². The fraction of sp³-hybridized carbons (Fsp3) is 0.200. The molecule has 1 amide bonds. The van der Waals surface area contributed by atoms with Crippen LogP contribution in [0.15, 0.2) is 64.8 Å². The van der Waals surface area contributed by atoms with Crippen LogP contribution in [0.25, 0.3) is 10.9 Å². The number of aliphatic hydroxyl groups is 1. The zero-order valence-electron chi connectivity index (χ0n) is 15.1. The summed E-state index contributed by atoms with van der Waals surface area (Å²) < 4.78 is 6.26. The van der Waals surface area contributed by atoms with Crippen LogP contribution in [0.2, 0.25) is 0 Å². The van der Waals surface area contributed by atoms with Gasteiger partial charge in [-0.3, -0.25) is 14.2 Å². The van der Waals surface area contributed by atoms with Gasteiger partial charge in [0, 0.05) is 5.39 Å². The van der Waals surface area contributed by atoms with Crippen molar-refractivity contribution in [2.75, 3.05) is 6.61 Å². The van der Waals surface area contributed by atoms with Crippen molar-refractivity contribution < 1.29 is 24.5 Å². The van der Waals surface area contributed by atoms with Gasteiger partial charge in [-0.25, -0.2) is 0 Å². The van der Waals surface area contributed by atoms with Crippen LogP contribution < -0.4 is 0 Å². The Morgan fingerprint density at radius 2 is 1.79 bits per heavy atom. The average Bonchev–Trinajstić information content (AvgIpc) is 2.97. The van der Waals surface area contributed by atoms with Gasteiger partial charge in [0.1, 0.15) is 6.54 Å². The van der Waals surface area contributed by atoms with Crippen LogP contribution in [0.3, 0.4) is 0 Å². The number of fused-ring (bicyclic) bond motifs is 1. The third-order valence-electron chi connectivity index (χ3n) is 4.11. The summed E-state index contributed by atoms with van der Waals surface area (Å²) in [6.45, 7) is 1.70. The summed E-state index contributed by atoms with van der Waals surface area (Å²) in [6.07, 6.45) is -1.46. The monoisotopic (exact) mass is 381 g/mol. The summed E-state index contributed by atoms with van der Waals surface area (Å²) in [5.41, 5.74) is 0.965. The maximum atomic E-state index is 12.2. The highest BCUT2D eigenvalue weighted by molar-refractivity contribution is 5.96. The third kappa shape index (κ3) is 3.91. The zero-order chi connectivity index (χ0) is 20.1. The second-order valence-electron chi connectivity index (χ2n) is 5.93. The number of aromatic nitrogens is 1. The van der Waals surface area contributed by atoms with Crippen LogP contribution in [0, 0.1) is 0 Å². The molecule has 1 unspecified atom stereocenters. The predicted octanol–water partition coefficient (Wildman–Crippen LogP) is 3.25. The van der Waals surface area contributed by atoms with E-state index in [9.17, 15) is 19.8 Å². The lowest BCUT2D eigenvalue weighted by molar-refractivity contribution is -0.143. The molecule has 0 saturated carbocycles. The number of aromatic hydroxyl groups is 1. The molecule has 2 N–H and O–H groups in total. The molecule has 1 atom stereocenters. The molecule has 8 nitrogen and oxygen atoms in total. The number of amides is 1. The van der Waals surface area contributed by atoms with Crippen molar-refractivity contribution in [2.24, 2.45) is 10.2 Å². The van der Waals surface area contributed by atoms with Crippen molar-refractivity contribution in [1.82, 2.24) is 4.57 Å². The fourth-order valence-corrected chi connectivity index (χ4v) is 2.80. The number of nitrogens with zero attached hydrogens (tertiary/aromatic N) is 3. The molecular formula is C20H19N3O5. The molecule has 3 aromatic rings. The van der Waals surface area contributed by atoms with E-state index in [1.807, 2.05) is 0 Å². The minimum absolute atomic E-state index is 0.0357. The van der Waals surface area contributed by atoms with E-state index in [2.05, 4.69) is 10.2 Å². The quantitative estimate of drug-likeness (QED) is 0.503. The molecular weight excluding hydrogens is 362 g/mol. The van der Waals surface area contributed by atoms with Gasteiger partial charge >= 0.3 is 5.97 Å². The molecule has 0 fully saturated rings. The van der Waals surface area contributed by atoms with E-state index in [1.54, 1.807) is 61.5 Å². The third-order valence-corrected chi connectivity index (χ3v) is 4.11. The molecule has 8 heteroatoms. The largest absolute Gasteiger partial charge is 0.493 e. The topological polar surface area (TPSA) is 113 Å². The second kappa shape index (κ2) is 8.45. The summed E-state index contributed by atoms with van der Waals surface area (Å²) in [5, 5.41) is 28.5. The first-order valence-corrected chi connectivity index (χ1v) is 8.67. The molecule has 0 aliphatic carbocycles. The summed E-state index contributed by atoms with van der Waals surface area (Å²) in [4.78, 5) is 24.0. The van der Waals surface area contributed by atoms with Crippen LogP contribution in [0.4, 0.5) is 5.69 Å². The second-order valence-corrected chi connectivity index (χ2v) is 5.93. The molecule has 2 aromatic carbocycles. The number of azo groups is 1. The Morgan fingerprint density at radius 1 is 1.11 bits per heavy atom. The van der Waals surface area contributed by atoms with Crippen molar-refractivity contribution in [3.63, 3.8) is 0 Å². The highest BCUT2D eigenvalue weighted by Crippen LogP contribution is 2.38. The number of esters is 1. The lowest BCUT2D eigenvalue weighted by Gasteiger charge is -2.06. The van der Waals surface area contributed by atoms with Gasteiger partial charge in [-0.15, -0.1) is 10.2 Å². The summed E-state index contributed by atoms with van der Waals surface area (Å²) in [6, 6.07) is 15.2. The number of para-hydroxylation sites is 1. The van der Waals surface area contributed by atoms with E-state index >= 15 is 0 Å². The smallest absolute Gasteiger partial charge is 0.326 e. The SMILES string of the molecule is CCOC(=O)Cn1c(O)c(N=NC(=O)C(O)c2ccccc2)c2ccccc21.